The van der Waals surface area contributed by atoms with Gasteiger partial charge in [0, 0.05) is 13.3 Å². The Labute approximate surface area is 108 Å². The third kappa shape index (κ3) is 2.20. The quantitative estimate of drug-likeness (QED) is 0.558. The first-order chi connectivity index (χ1) is 8.72. The van der Waals surface area contributed by atoms with E-state index in [9.17, 15) is 4.79 Å². The number of ether oxygens (including phenoxy) is 1. The fraction of sp³-hybridized carbons (Fsp3) is 0.438. The molecule has 0 aliphatic heterocycles. The van der Waals surface area contributed by atoms with Crippen molar-refractivity contribution in [2.75, 3.05) is 0 Å². The van der Waals surface area contributed by atoms with Gasteiger partial charge in [-0.25, -0.2) is 0 Å². The smallest absolute Gasteiger partial charge is 0.302 e. The number of carbonyl (C=O) groups excluding carboxylic acids is 1. The molecule has 0 radical (unpaired) electrons. The molecule has 0 spiro atoms. The van der Waals surface area contributed by atoms with Crippen LogP contribution in [-0.4, -0.2) is 12.1 Å². The number of fused-ring (bicyclic) bond motifs is 1. The van der Waals surface area contributed by atoms with E-state index in [0.717, 1.165) is 32.1 Å². The molecule has 2 heteroatoms. The van der Waals surface area contributed by atoms with Gasteiger partial charge in [0.15, 0.2) is 0 Å². The van der Waals surface area contributed by atoms with Crippen LogP contribution in [0.25, 0.3) is 0 Å². The summed E-state index contributed by atoms with van der Waals surface area (Å²) in [5.41, 5.74) is 6.00. The Kier molecular flexibility index (Phi) is 2.94. The van der Waals surface area contributed by atoms with Crippen molar-refractivity contribution < 1.29 is 9.53 Å². The van der Waals surface area contributed by atoms with E-state index >= 15 is 0 Å². The summed E-state index contributed by atoms with van der Waals surface area (Å²) in [5.74, 6) is -0.153. The van der Waals surface area contributed by atoms with Crippen LogP contribution in [-0.2, 0) is 22.4 Å². The Morgan fingerprint density at radius 2 is 1.83 bits per heavy atom. The van der Waals surface area contributed by atoms with Crippen LogP contribution in [0.2, 0.25) is 0 Å². The number of rotatable bonds is 1. The summed E-state index contributed by atoms with van der Waals surface area (Å²) in [6.45, 7) is 1.50. The molecule has 0 fully saturated rings. The van der Waals surface area contributed by atoms with Gasteiger partial charge in [0.05, 0.1) is 0 Å². The second-order valence-corrected chi connectivity index (χ2v) is 5.30. The fourth-order valence-corrected chi connectivity index (χ4v) is 3.14. The lowest BCUT2D eigenvalue weighted by Gasteiger charge is -2.31. The molecule has 94 valence electrons. The number of esters is 1. The Bertz CT molecular complexity index is 514. The van der Waals surface area contributed by atoms with E-state index in [0.29, 0.717) is 0 Å². The second-order valence-electron chi connectivity index (χ2n) is 5.30. The molecule has 2 aliphatic carbocycles. The normalized spacial score (nSPS) is 22.2. The van der Waals surface area contributed by atoms with E-state index in [1.807, 2.05) is 0 Å². The summed E-state index contributed by atoms with van der Waals surface area (Å²) in [5, 5.41) is 0. The monoisotopic (exact) mass is 242 g/mol. The molecule has 2 nitrogen and oxygen atoms in total. The fourth-order valence-electron chi connectivity index (χ4n) is 3.14. The zero-order valence-corrected chi connectivity index (χ0v) is 10.7. The third-order valence-electron chi connectivity index (χ3n) is 4.00. The number of benzene rings is 1. The maximum Gasteiger partial charge on any atom is 0.302 e. The van der Waals surface area contributed by atoms with Gasteiger partial charge < -0.3 is 4.74 Å². The van der Waals surface area contributed by atoms with Crippen LogP contribution in [0.1, 0.15) is 37.3 Å². The second kappa shape index (κ2) is 4.60. The minimum atomic E-state index is -0.153. The van der Waals surface area contributed by atoms with Gasteiger partial charge >= 0.3 is 5.97 Å². The summed E-state index contributed by atoms with van der Waals surface area (Å²) in [4.78, 5) is 11.0. The first-order valence-electron chi connectivity index (χ1n) is 6.66. The van der Waals surface area contributed by atoms with Gasteiger partial charge in [0.2, 0.25) is 0 Å². The molecule has 0 saturated heterocycles. The lowest BCUT2D eigenvalue weighted by Crippen LogP contribution is -2.24. The largest absolute Gasteiger partial charge is 0.462 e. The maximum atomic E-state index is 11.0. The zero-order chi connectivity index (χ0) is 12.5. The molecule has 0 amide bonds. The van der Waals surface area contributed by atoms with E-state index < -0.39 is 0 Å². The van der Waals surface area contributed by atoms with Crippen molar-refractivity contribution in [1.82, 2.24) is 0 Å². The standard InChI is InChI=1S/C16H18O2/c1-11(17)18-16-7-6-14-8-12-4-2-3-5-13(12)9-15(14)10-16/h2-5,16H,6-10H2,1H3. The van der Waals surface area contributed by atoms with Gasteiger partial charge in [-0.1, -0.05) is 35.4 Å². The van der Waals surface area contributed by atoms with Crippen molar-refractivity contribution in [1.29, 1.82) is 0 Å². The van der Waals surface area contributed by atoms with Gasteiger partial charge in [-0.05, 0) is 36.8 Å². The molecule has 18 heavy (non-hydrogen) atoms. The molecular weight excluding hydrogens is 224 g/mol. The highest BCUT2D eigenvalue weighted by atomic mass is 16.5. The van der Waals surface area contributed by atoms with Gasteiger partial charge in [-0.2, -0.15) is 0 Å². The predicted octanol–water partition coefficient (Wildman–Crippen LogP) is 3.20. The molecule has 0 bridgehead atoms. The Balaban J connectivity index is 1.78. The Hall–Kier alpha value is -1.57. The van der Waals surface area contributed by atoms with Crippen molar-refractivity contribution >= 4 is 5.97 Å². The number of allylic oxidation sites excluding steroid dienone is 1. The van der Waals surface area contributed by atoms with Crippen LogP contribution >= 0.6 is 0 Å². The first-order valence-corrected chi connectivity index (χ1v) is 6.66. The molecule has 0 saturated carbocycles. The van der Waals surface area contributed by atoms with Crippen molar-refractivity contribution in [2.45, 2.75) is 45.1 Å². The van der Waals surface area contributed by atoms with Crippen LogP contribution in [0.15, 0.2) is 35.4 Å². The Morgan fingerprint density at radius 1 is 1.17 bits per heavy atom. The zero-order valence-electron chi connectivity index (χ0n) is 10.7. The summed E-state index contributed by atoms with van der Waals surface area (Å²) in [7, 11) is 0. The van der Waals surface area contributed by atoms with E-state index in [1.165, 1.54) is 23.6 Å². The molecule has 2 aliphatic rings. The van der Waals surface area contributed by atoms with Crippen LogP contribution < -0.4 is 0 Å². The van der Waals surface area contributed by atoms with Crippen LogP contribution in [0.3, 0.4) is 0 Å². The van der Waals surface area contributed by atoms with Gasteiger partial charge in [-0.15, -0.1) is 0 Å². The van der Waals surface area contributed by atoms with Crippen molar-refractivity contribution in [3.63, 3.8) is 0 Å². The van der Waals surface area contributed by atoms with Crippen LogP contribution in [0, 0.1) is 0 Å². The third-order valence-corrected chi connectivity index (χ3v) is 4.00. The van der Waals surface area contributed by atoms with E-state index in [-0.39, 0.29) is 12.1 Å². The summed E-state index contributed by atoms with van der Waals surface area (Å²) in [6.07, 6.45) is 5.25. The Morgan fingerprint density at radius 3 is 2.50 bits per heavy atom. The lowest BCUT2D eigenvalue weighted by molar-refractivity contribution is -0.146. The minimum Gasteiger partial charge on any atom is -0.462 e. The number of hydrogen-bond acceptors (Lipinski definition) is 2. The SMILES string of the molecule is CC(=O)OC1CCC2=C(Cc3ccccc3C2)C1. The average molecular weight is 242 g/mol. The highest BCUT2D eigenvalue weighted by Crippen LogP contribution is 2.36. The highest BCUT2D eigenvalue weighted by molar-refractivity contribution is 5.66. The van der Waals surface area contributed by atoms with Crippen molar-refractivity contribution in [3.8, 4) is 0 Å². The summed E-state index contributed by atoms with van der Waals surface area (Å²) < 4.78 is 5.36. The van der Waals surface area contributed by atoms with Crippen LogP contribution in [0.4, 0.5) is 0 Å². The molecule has 0 heterocycles. The van der Waals surface area contributed by atoms with Gasteiger partial charge in [0.25, 0.3) is 0 Å². The lowest BCUT2D eigenvalue weighted by atomic mass is 9.78. The summed E-state index contributed by atoms with van der Waals surface area (Å²) in [6, 6.07) is 8.68. The van der Waals surface area contributed by atoms with Gasteiger partial charge in [0.1, 0.15) is 6.10 Å². The first kappa shape index (κ1) is 11.5. The maximum absolute atomic E-state index is 11.0. The molecule has 1 aromatic rings. The number of carbonyl (C=O) groups is 1. The predicted molar refractivity (Wildman–Crippen MR) is 70.3 cm³/mol. The topological polar surface area (TPSA) is 26.3 Å². The molecule has 0 N–H and O–H groups in total. The van der Waals surface area contributed by atoms with Crippen molar-refractivity contribution in [2.24, 2.45) is 0 Å². The van der Waals surface area contributed by atoms with Gasteiger partial charge in [-0.3, -0.25) is 4.79 Å². The average Bonchev–Trinajstić information content (AvgIpc) is 2.35. The summed E-state index contributed by atoms with van der Waals surface area (Å²) >= 11 is 0. The highest BCUT2D eigenvalue weighted by Gasteiger charge is 2.26. The number of hydrogen-bond donors (Lipinski definition) is 0. The van der Waals surface area contributed by atoms with E-state index in [1.54, 1.807) is 5.57 Å². The molecular formula is C16H18O2. The molecule has 3 rings (SSSR count). The van der Waals surface area contributed by atoms with E-state index in [2.05, 4.69) is 24.3 Å². The minimum absolute atomic E-state index is 0.103. The van der Waals surface area contributed by atoms with Crippen LogP contribution in [0.5, 0.6) is 0 Å². The molecule has 1 unspecified atom stereocenters. The van der Waals surface area contributed by atoms with E-state index in [4.69, 9.17) is 4.74 Å². The molecule has 1 aromatic carbocycles. The molecule has 0 aromatic heterocycles. The molecule has 1 atom stereocenters. The van der Waals surface area contributed by atoms with Crippen molar-refractivity contribution in [3.05, 3.63) is 46.5 Å².